The maximum absolute atomic E-state index is 12.5. The maximum Gasteiger partial charge on any atom is 0.387 e. The summed E-state index contributed by atoms with van der Waals surface area (Å²) in [5.41, 5.74) is 0.737. The van der Waals surface area contributed by atoms with E-state index >= 15 is 0 Å². The van der Waals surface area contributed by atoms with E-state index in [4.69, 9.17) is 4.74 Å². The summed E-state index contributed by atoms with van der Waals surface area (Å²) < 4.78 is 35.5. The Morgan fingerprint density at radius 3 is 2.74 bits per heavy atom. The number of methoxy groups -OCH3 is 1. The average molecular weight is 393 g/mol. The van der Waals surface area contributed by atoms with E-state index in [1.165, 1.54) is 0 Å². The van der Waals surface area contributed by atoms with Crippen molar-refractivity contribution in [2.75, 3.05) is 33.4 Å². The molecule has 4 nitrogen and oxygen atoms in total. The van der Waals surface area contributed by atoms with Crippen molar-refractivity contribution in [3.63, 3.8) is 0 Å². The smallest absolute Gasteiger partial charge is 0.387 e. The van der Waals surface area contributed by atoms with Crippen LogP contribution in [0.3, 0.4) is 0 Å². The number of benzene rings is 1. The van der Waals surface area contributed by atoms with Gasteiger partial charge in [0.1, 0.15) is 5.75 Å². The van der Waals surface area contributed by atoms with Crippen molar-refractivity contribution >= 4 is 15.9 Å². The Kier molecular flexibility index (Phi) is 7.69. The fraction of sp³-hybridized carbons (Fsp3) is 0.625. The minimum atomic E-state index is -2.81. The quantitative estimate of drug-likeness (QED) is 0.736. The van der Waals surface area contributed by atoms with Gasteiger partial charge in [-0.05, 0) is 44.1 Å². The first kappa shape index (κ1) is 18.6. The highest BCUT2D eigenvalue weighted by atomic mass is 79.9. The third kappa shape index (κ3) is 6.33. The summed E-state index contributed by atoms with van der Waals surface area (Å²) in [6.45, 7) is 1.48. The monoisotopic (exact) mass is 392 g/mol. The number of hydrogen-bond acceptors (Lipinski definition) is 4. The Morgan fingerprint density at radius 1 is 1.35 bits per heavy atom. The number of likely N-dealkylation sites (tertiary alicyclic amines) is 1. The number of nitrogens with zero attached hydrogens (tertiary/aromatic N) is 1. The topological polar surface area (TPSA) is 33.7 Å². The maximum atomic E-state index is 12.5. The molecule has 0 aromatic heterocycles. The molecule has 0 unspecified atom stereocenters. The Morgan fingerprint density at radius 2 is 2.09 bits per heavy atom. The second-order valence-electron chi connectivity index (χ2n) is 5.62. The molecule has 0 bridgehead atoms. The standard InChI is InChI=1S/C16H23BrF2N2O2/c1-22-9-8-21-6-4-14(5-7-21)20-11-12-10-13(17)2-3-15(12)23-16(18)19/h2-3,10,14,16,20H,4-9,11H2,1H3. The van der Waals surface area contributed by atoms with Crippen molar-refractivity contribution in [2.45, 2.75) is 32.0 Å². The predicted octanol–water partition coefficient (Wildman–Crippen LogP) is 3.25. The van der Waals surface area contributed by atoms with Crippen LogP contribution < -0.4 is 10.1 Å². The minimum Gasteiger partial charge on any atom is -0.434 e. The van der Waals surface area contributed by atoms with Crippen LogP contribution in [0.15, 0.2) is 22.7 Å². The van der Waals surface area contributed by atoms with Gasteiger partial charge in [-0.15, -0.1) is 0 Å². The van der Waals surface area contributed by atoms with Crippen LogP contribution in [0.1, 0.15) is 18.4 Å². The Balaban J connectivity index is 1.83. The molecule has 0 atom stereocenters. The van der Waals surface area contributed by atoms with Crippen LogP contribution in [-0.4, -0.2) is 50.9 Å². The van der Waals surface area contributed by atoms with Crippen molar-refractivity contribution < 1.29 is 18.3 Å². The van der Waals surface area contributed by atoms with Crippen molar-refractivity contribution in [3.8, 4) is 5.75 Å². The fourth-order valence-corrected chi connectivity index (χ4v) is 3.14. The molecule has 130 valence electrons. The van der Waals surface area contributed by atoms with E-state index in [2.05, 4.69) is 30.9 Å². The number of nitrogens with one attached hydrogen (secondary N) is 1. The number of alkyl halides is 2. The van der Waals surface area contributed by atoms with Crippen molar-refractivity contribution in [1.29, 1.82) is 0 Å². The van der Waals surface area contributed by atoms with Crippen molar-refractivity contribution in [2.24, 2.45) is 0 Å². The molecule has 1 saturated heterocycles. The summed E-state index contributed by atoms with van der Waals surface area (Å²) in [6, 6.07) is 5.49. The molecule has 0 amide bonds. The van der Waals surface area contributed by atoms with Gasteiger partial charge >= 0.3 is 6.61 Å². The largest absolute Gasteiger partial charge is 0.434 e. The molecule has 0 saturated carbocycles. The first-order valence-electron chi connectivity index (χ1n) is 7.76. The molecule has 1 aromatic carbocycles. The Hall–Kier alpha value is -0.760. The van der Waals surface area contributed by atoms with Crippen LogP contribution in [-0.2, 0) is 11.3 Å². The number of ether oxygens (including phenoxy) is 2. The summed E-state index contributed by atoms with van der Waals surface area (Å²) in [6.07, 6.45) is 2.09. The van der Waals surface area contributed by atoms with Gasteiger partial charge in [0.25, 0.3) is 0 Å². The molecule has 1 aliphatic rings. The third-order valence-corrected chi connectivity index (χ3v) is 4.51. The zero-order chi connectivity index (χ0) is 16.7. The molecule has 1 aromatic rings. The Bertz CT molecular complexity index is 483. The van der Waals surface area contributed by atoms with Crippen LogP contribution in [0.5, 0.6) is 5.75 Å². The SMILES string of the molecule is COCCN1CCC(NCc2cc(Br)ccc2OC(F)F)CC1. The molecule has 1 fully saturated rings. The molecule has 23 heavy (non-hydrogen) atoms. The third-order valence-electron chi connectivity index (χ3n) is 4.02. The summed E-state index contributed by atoms with van der Waals surface area (Å²) in [5.74, 6) is 0.230. The van der Waals surface area contributed by atoms with Gasteiger partial charge in [-0.3, -0.25) is 0 Å². The van der Waals surface area contributed by atoms with Crippen molar-refractivity contribution in [1.82, 2.24) is 10.2 Å². The normalized spacial score (nSPS) is 16.9. The molecular formula is C16H23BrF2N2O2. The highest BCUT2D eigenvalue weighted by Crippen LogP contribution is 2.25. The molecule has 1 aliphatic heterocycles. The van der Waals surface area contributed by atoms with E-state index in [0.29, 0.717) is 12.6 Å². The number of hydrogen-bond donors (Lipinski definition) is 1. The molecule has 0 radical (unpaired) electrons. The van der Waals surface area contributed by atoms with Gasteiger partial charge in [0.05, 0.1) is 6.61 Å². The van der Waals surface area contributed by atoms with E-state index in [-0.39, 0.29) is 5.75 Å². The lowest BCUT2D eigenvalue weighted by Gasteiger charge is -2.32. The van der Waals surface area contributed by atoms with Crippen LogP contribution >= 0.6 is 15.9 Å². The van der Waals surface area contributed by atoms with Gasteiger partial charge in [0.15, 0.2) is 0 Å². The summed E-state index contributed by atoms with van der Waals surface area (Å²) in [4.78, 5) is 2.38. The summed E-state index contributed by atoms with van der Waals surface area (Å²) in [7, 11) is 1.71. The molecule has 0 aliphatic carbocycles. The average Bonchev–Trinajstić information content (AvgIpc) is 2.53. The van der Waals surface area contributed by atoms with E-state index < -0.39 is 6.61 Å². The molecule has 2 rings (SSSR count). The van der Waals surface area contributed by atoms with Crippen LogP contribution in [0.4, 0.5) is 8.78 Å². The van der Waals surface area contributed by atoms with Gasteiger partial charge in [0, 0.05) is 36.3 Å². The van der Waals surface area contributed by atoms with Gasteiger partial charge in [-0.25, -0.2) is 0 Å². The van der Waals surface area contributed by atoms with Gasteiger partial charge in [0.2, 0.25) is 0 Å². The zero-order valence-electron chi connectivity index (χ0n) is 13.2. The predicted molar refractivity (Wildman–Crippen MR) is 89.0 cm³/mol. The van der Waals surface area contributed by atoms with Gasteiger partial charge in [-0.2, -0.15) is 8.78 Å². The van der Waals surface area contributed by atoms with E-state index in [1.54, 1.807) is 19.2 Å². The zero-order valence-corrected chi connectivity index (χ0v) is 14.8. The first-order chi connectivity index (χ1) is 11.1. The minimum absolute atomic E-state index is 0.230. The second-order valence-corrected chi connectivity index (χ2v) is 6.54. The van der Waals surface area contributed by atoms with Crippen LogP contribution in [0, 0.1) is 0 Å². The number of halogens is 3. The lowest BCUT2D eigenvalue weighted by molar-refractivity contribution is -0.0505. The summed E-state index contributed by atoms with van der Waals surface area (Å²) >= 11 is 3.37. The van der Waals surface area contributed by atoms with Crippen LogP contribution in [0.2, 0.25) is 0 Å². The number of rotatable bonds is 8. The first-order valence-corrected chi connectivity index (χ1v) is 8.55. The second kappa shape index (κ2) is 9.52. The summed E-state index contributed by atoms with van der Waals surface area (Å²) in [5, 5.41) is 3.45. The lowest BCUT2D eigenvalue weighted by atomic mass is 10.0. The van der Waals surface area contributed by atoms with E-state index in [0.717, 1.165) is 49.1 Å². The van der Waals surface area contributed by atoms with Crippen molar-refractivity contribution in [3.05, 3.63) is 28.2 Å². The molecule has 1 heterocycles. The van der Waals surface area contributed by atoms with Gasteiger partial charge in [-0.1, -0.05) is 15.9 Å². The van der Waals surface area contributed by atoms with E-state index in [1.807, 2.05) is 6.07 Å². The molecule has 7 heteroatoms. The number of piperidine rings is 1. The van der Waals surface area contributed by atoms with Gasteiger partial charge < -0.3 is 19.7 Å². The lowest BCUT2D eigenvalue weighted by Crippen LogP contribution is -2.43. The molecule has 0 spiro atoms. The Labute approximate surface area is 144 Å². The highest BCUT2D eigenvalue weighted by Gasteiger charge is 2.19. The molecule has 1 N–H and O–H groups in total. The molecular weight excluding hydrogens is 370 g/mol. The van der Waals surface area contributed by atoms with Crippen LogP contribution in [0.25, 0.3) is 0 Å². The van der Waals surface area contributed by atoms with E-state index in [9.17, 15) is 8.78 Å². The highest BCUT2D eigenvalue weighted by molar-refractivity contribution is 9.10. The fourth-order valence-electron chi connectivity index (χ4n) is 2.73.